The minimum absolute atomic E-state index is 0.147. The van der Waals surface area contributed by atoms with E-state index in [4.69, 9.17) is 0 Å². The first-order chi connectivity index (χ1) is 9.06. The number of carbonyl (C=O) groups is 3. The Balaban J connectivity index is 2.45. The third kappa shape index (κ3) is 4.86. The molecular weight excluding hydrogens is 248 g/mol. The SMILES string of the molecule is CNC(=O)CCN(C)C(=O)C(=O)N1CCCNCC1. The molecule has 0 unspecified atom stereocenters. The summed E-state index contributed by atoms with van der Waals surface area (Å²) in [6.07, 6.45) is 1.05. The molecule has 0 bridgehead atoms. The number of nitrogens with one attached hydrogen (secondary N) is 2. The average Bonchev–Trinajstić information content (AvgIpc) is 2.71. The van der Waals surface area contributed by atoms with E-state index in [2.05, 4.69) is 10.6 Å². The van der Waals surface area contributed by atoms with Crippen molar-refractivity contribution in [1.82, 2.24) is 20.4 Å². The van der Waals surface area contributed by atoms with E-state index in [-0.39, 0.29) is 18.9 Å². The summed E-state index contributed by atoms with van der Waals surface area (Å²) in [7, 11) is 3.08. The Morgan fingerprint density at radius 2 is 2.00 bits per heavy atom. The van der Waals surface area contributed by atoms with Gasteiger partial charge in [0.15, 0.2) is 0 Å². The van der Waals surface area contributed by atoms with Gasteiger partial charge in [0, 0.05) is 46.7 Å². The molecule has 1 fully saturated rings. The fourth-order valence-electron chi connectivity index (χ4n) is 1.84. The molecule has 0 radical (unpaired) electrons. The summed E-state index contributed by atoms with van der Waals surface area (Å²) in [6.45, 7) is 2.97. The molecule has 0 spiro atoms. The van der Waals surface area contributed by atoms with Crippen LogP contribution in [-0.4, -0.2) is 74.3 Å². The van der Waals surface area contributed by atoms with Crippen LogP contribution in [0.25, 0.3) is 0 Å². The van der Waals surface area contributed by atoms with Gasteiger partial charge >= 0.3 is 11.8 Å². The summed E-state index contributed by atoms with van der Waals surface area (Å²) >= 11 is 0. The van der Waals surface area contributed by atoms with E-state index >= 15 is 0 Å². The van der Waals surface area contributed by atoms with Gasteiger partial charge in [0.25, 0.3) is 0 Å². The van der Waals surface area contributed by atoms with Gasteiger partial charge < -0.3 is 20.4 Å². The molecule has 0 aromatic rings. The molecular formula is C12H22N4O3. The predicted molar refractivity (Wildman–Crippen MR) is 70.4 cm³/mol. The van der Waals surface area contributed by atoms with Gasteiger partial charge in [0.2, 0.25) is 5.91 Å². The number of likely N-dealkylation sites (N-methyl/N-ethyl adjacent to an activating group) is 1. The minimum atomic E-state index is -0.550. The standard InChI is InChI=1S/C12H22N4O3/c1-13-10(17)4-8-15(2)11(18)12(19)16-7-3-5-14-6-9-16/h14H,3-9H2,1-2H3,(H,13,17). The van der Waals surface area contributed by atoms with Crippen LogP contribution >= 0.6 is 0 Å². The lowest BCUT2D eigenvalue weighted by atomic mass is 10.3. The maximum Gasteiger partial charge on any atom is 0.312 e. The van der Waals surface area contributed by atoms with Crippen molar-refractivity contribution in [2.45, 2.75) is 12.8 Å². The second-order valence-electron chi connectivity index (χ2n) is 4.55. The number of hydrogen-bond acceptors (Lipinski definition) is 4. The highest BCUT2D eigenvalue weighted by Gasteiger charge is 2.25. The van der Waals surface area contributed by atoms with Gasteiger partial charge in [-0.1, -0.05) is 0 Å². The van der Waals surface area contributed by atoms with Crippen molar-refractivity contribution in [2.24, 2.45) is 0 Å². The zero-order valence-corrected chi connectivity index (χ0v) is 11.6. The van der Waals surface area contributed by atoms with E-state index in [1.54, 1.807) is 19.0 Å². The first-order valence-electron chi connectivity index (χ1n) is 6.52. The molecule has 1 rings (SSSR count). The summed E-state index contributed by atoms with van der Waals surface area (Å²) in [5, 5.41) is 5.66. The van der Waals surface area contributed by atoms with E-state index in [0.717, 1.165) is 13.0 Å². The highest BCUT2D eigenvalue weighted by molar-refractivity contribution is 6.34. The third-order valence-corrected chi connectivity index (χ3v) is 3.11. The largest absolute Gasteiger partial charge is 0.359 e. The van der Waals surface area contributed by atoms with Crippen LogP contribution in [0.4, 0.5) is 0 Å². The van der Waals surface area contributed by atoms with Crippen molar-refractivity contribution in [3.63, 3.8) is 0 Å². The summed E-state index contributed by atoms with van der Waals surface area (Å²) in [5.41, 5.74) is 0. The van der Waals surface area contributed by atoms with Crippen LogP contribution in [0, 0.1) is 0 Å². The Labute approximate surface area is 113 Å². The summed E-state index contributed by atoms with van der Waals surface area (Å²) < 4.78 is 0. The van der Waals surface area contributed by atoms with Crippen molar-refractivity contribution in [2.75, 3.05) is 46.8 Å². The van der Waals surface area contributed by atoms with E-state index in [1.807, 2.05) is 0 Å². The molecule has 2 N–H and O–H groups in total. The van der Waals surface area contributed by atoms with Crippen molar-refractivity contribution in [1.29, 1.82) is 0 Å². The highest BCUT2D eigenvalue weighted by Crippen LogP contribution is 2.00. The van der Waals surface area contributed by atoms with Crippen molar-refractivity contribution >= 4 is 17.7 Å². The number of nitrogens with zero attached hydrogens (tertiary/aromatic N) is 2. The van der Waals surface area contributed by atoms with Gasteiger partial charge in [-0.05, 0) is 13.0 Å². The quantitative estimate of drug-likeness (QED) is 0.605. The van der Waals surface area contributed by atoms with Crippen molar-refractivity contribution < 1.29 is 14.4 Å². The Kier molecular flexibility index (Phi) is 6.27. The summed E-state index contributed by atoms with van der Waals surface area (Å²) in [6, 6.07) is 0. The average molecular weight is 270 g/mol. The predicted octanol–water partition coefficient (Wildman–Crippen LogP) is -1.60. The second kappa shape index (κ2) is 7.73. The van der Waals surface area contributed by atoms with E-state index in [9.17, 15) is 14.4 Å². The zero-order valence-electron chi connectivity index (χ0n) is 11.6. The molecule has 19 heavy (non-hydrogen) atoms. The maximum absolute atomic E-state index is 12.0. The maximum atomic E-state index is 12.0. The van der Waals surface area contributed by atoms with Crippen molar-refractivity contribution in [3.05, 3.63) is 0 Å². The lowest BCUT2D eigenvalue weighted by molar-refractivity contribution is -0.151. The Bertz CT molecular complexity index is 338. The van der Waals surface area contributed by atoms with Crippen LogP contribution in [0.5, 0.6) is 0 Å². The number of amides is 3. The second-order valence-corrected chi connectivity index (χ2v) is 4.55. The highest BCUT2D eigenvalue weighted by atomic mass is 16.2. The lowest BCUT2D eigenvalue weighted by Crippen LogP contribution is -2.45. The van der Waals surface area contributed by atoms with Crippen LogP contribution in [0.15, 0.2) is 0 Å². The summed E-state index contributed by atoms with van der Waals surface area (Å²) in [5.74, 6) is -1.18. The molecule has 1 saturated heterocycles. The zero-order chi connectivity index (χ0) is 14.3. The van der Waals surface area contributed by atoms with Gasteiger partial charge in [0.1, 0.15) is 0 Å². The number of hydrogen-bond donors (Lipinski definition) is 2. The fraction of sp³-hybridized carbons (Fsp3) is 0.750. The molecule has 0 atom stereocenters. The van der Waals surface area contributed by atoms with E-state index in [0.29, 0.717) is 19.6 Å². The first-order valence-corrected chi connectivity index (χ1v) is 6.52. The van der Waals surface area contributed by atoms with Crippen LogP contribution in [0.1, 0.15) is 12.8 Å². The van der Waals surface area contributed by atoms with Gasteiger partial charge in [-0.25, -0.2) is 0 Å². The van der Waals surface area contributed by atoms with Gasteiger partial charge in [-0.3, -0.25) is 14.4 Å². The molecule has 108 valence electrons. The van der Waals surface area contributed by atoms with Crippen LogP contribution < -0.4 is 10.6 Å². The normalized spacial score (nSPS) is 15.6. The molecule has 7 heteroatoms. The molecule has 1 aliphatic heterocycles. The minimum Gasteiger partial charge on any atom is -0.359 e. The molecule has 0 aromatic carbocycles. The third-order valence-electron chi connectivity index (χ3n) is 3.11. The summed E-state index contributed by atoms with van der Waals surface area (Å²) in [4.78, 5) is 37.9. The molecule has 1 aliphatic rings. The van der Waals surface area contributed by atoms with E-state index < -0.39 is 11.8 Å². The molecule has 0 aliphatic carbocycles. The Morgan fingerprint density at radius 1 is 1.26 bits per heavy atom. The Morgan fingerprint density at radius 3 is 2.68 bits per heavy atom. The van der Waals surface area contributed by atoms with Crippen LogP contribution in [0.3, 0.4) is 0 Å². The fourth-order valence-corrected chi connectivity index (χ4v) is 1.84. The Hall–Kier alpha value is -1.63. The lowest BCUT2D eigenvalue weighted by Gasteiger charge is -2.23. The smallest absolute Gasteiger partial charge is 0.312 e. The monoisotopic (exact) mass is 270 g/mol. The van der Waals surface area contributed by atoms with Gasteiger partial charge in [-0.2, -0.15) is 0 Å². The van der Waals surface area contributed by atoms with E-state index in [1.165, 1.54) is 4.90 Å². The molecule has 0 saturated carbocycles. The van der Waals surface area contributed by atoms with Crippen LogP contribution in [-0.2, 0) is 14.4 Å². The molecule has 1 heterocycles. The number of rotatable bonds is 3. The van der Waals surface area contributed by atoms with Crippen molar-refractivity contribution in [3.8, 4) is 0 Å². The van der Waals surface area contributed by atoms with Gasteiger partial charge in [-0.15, -0.1) is 0 Å². The number of carbonyl (C=O) groups excluding carboxylic acids is 3. The topological polar surface area (TPSA) is 81.8 Å². The van der Waals surface area contributed by atoms with Gasteiger partial charge in [0.05, 0.1) is 0 Å². The first kappa shape index (κ1) is 15.4. The molecule has 3 amide bonds. The molecule has 7 nitrogen and oxygen atoms in total. The van der Waals surface area contributed by atoms with Crippen LogP contribution in [0.2, 0.25) is 0 Å². The molecule has 0 aromatic heterocycles.